The Morgan fingerprint density at radius 2 is 1.87 bits per heavy atom. The second-order valence-electron chi connectivity index (χ2n) is 15.9. The predicted octanol–water partition coefficient (Wildman–Crippen LogP) is 6.49. The lowest BCUT2D eigenvalue weighted by Gasteiger charge is -2.58. The van der Waals surface area contributed by atoms with E-state index in [2.05, 4.69) is 92.4 Å². The minimum absolute atomic E-state index is 0.0404. The molecular formula is C39H55N3O3. The number of aliphatic hydroxyl groups is 1. The number of hydrogen-bond donors (Lipinski definition) is 2. The largest absolute Gasteiger partial charge is 0.385 e. The second kappa shape index (κ2) is 12.2. The van der Waals surface area contributed by atoms with E-state index in [1.807, 2.05) is 0 Å². The molecule has 45 heavy (non-hydrogen) atoms. The van der Waals surface area contributed by atoms with Crippen LogP contribution in [0.5, 0.6) is 0 Å². The maximum Gasteiger partial charge on any atom is 0.260 e. The number of hydrogen-bond acceptors (Lipinski definition) is 5. The molecule has 2 N–H and O–H groups in total. The van der Waals surface area contributed by atoms with Crippen molar-refractivity contribution < 1.29 is 14.7 Å². The molecule has 5 aliphatic rings. The van der Waals surface area contributed by atoms with Gasteiger partial charge in [-0.3, -0.25) is 4.79 Å². The number of oxime groups is 1. The summed E-state index contributed by atoms with van der Waals surface area (Å²) in [4.78, 5) is 20.9. The molecule has 0 radical (unpaired) electrons. The third-order valence-corrected chi connectivity index (χ3v) is 13.9. The van der Waals surface area contributed by atoms with Crippen LogP contribution in [-0.4, -0.2) is 60.0 Å². The number of allylic oxidation sites excluding steroid dienone is 2. The molecule has 1 amide bonds. The summed E-state index contributed by atoms with van der Waals surface area (Å²) in [6.07, 6.45) is 18.2. The normalized spacial score (nSPS) is 42.1. The fourth-order valence-corrected chi connectivity index (χ4v) is 10.9. The second-order valence-corrected chi connectivity index (χ2v) is 15.9. The lowest BCUT2D eigenvalue weighted by Crippen LogP contribution is -2.54. The lowest BCUT2D eigenvalue weighted by atomic mass is 9.46. The molecule has 244 valence electrons. The van der Waals surface area contributed by atoms with Gasteiger partial charge in [0, 0.05) is 30.0 Å². The van der Waals surface area contributed by atoms with Gasteiger partial charge in [0.1, 0.15) is 5.60 Å². The highest BCUT2D eigenvalue weighted by Crippen LogP contribution is 2.67. The van der Waals surface area contributed by atoms with E-state index in [1.165, 1.54) is 11.1 Å². The van der Waals surface area contributed by atoms with Crippen LogP contribution < -0.4 is 5.32 Å². The minimum Gasteiger partial charge on any atom is -0.385 e. The van der Waals surface area contributed by atoms with Gasteiger partial charge in [0.15, 0.2) is 6.61 Å². The molecule has 0 aromatic heterocycles. The van der Waals surface area contributed by atoms with Gasteiger partial charge in [0.25, 0.3) is 5.91 Å². The highest BCUT2D eigenvalue weighted by atomic mass is 16.6. The first-order valence-corrected chi connectivity index (χ1v) is 17.6. The van der Waals surface area contributed by atoms with Crippen molar-refractivity contribution in [3.05, 3.63) is 47.5 Å². The molecule has 1 heterocycles. The van der Waals surface area contributed by atoms with E-state index in [1.54, 1.807) is 0 Å². The Morgan fingerprint density at radius 1 is 1.11 bits per heavy atom. The van der Waals surface area contributed by atoms with Gasteiger partial charge in [-0.1, -0.05) is 67.8 Å². The monoisotopic (exact) mass is 613 g/mol. The van der Waals surface area contributed by atoms with E-state index < -0.39 is 5.60 Å². The number of fused-ring (bicyclic) bond motifs is 5. The van der Waals surface area contributed by atoms with E-state index in [0.29, 0.717) is 36.3 Å². The van der Waals surface area contributed by atoms with E-state index in [9.17, 15) is 9.90 Å². The van der Waals surface area contributed by atoms with Crippen LogP contribution in [0.25, 0.3) is 0 Å². The number of carbonyl (C=O) groups is 1. The Hall–Kier alpha value is -2.62. The molecule has 4 aliphatic carbocycles. The molecule has 6 nitrogen and oxygen atoms in total. The van der Waals surface area contributed by atoms with Crippen molar-refractivity contribution >= 4 is 11.6 Å². The van der Waals surface area contributed by atoms with Crippen LogP contribution >= 0.6 is 0 Å². The molecule has 0 unspecified atom stereocenters. The van der Waals surface area contributed by atoms with Gasteiger partial charge in [-0.25, -0.2) is 0 Å². The summed E-state index contributed by atoms with van der Waals surface area (Å²) < 4.78 is 0. The summed E-state index contributed by atoms with van der Waals surface area (Å²) in [5, 5.41) is 18.9. The lowest BCUT2D eigenvalue weighted by molar-refractivity contribution is -0.125. The Bertz CT molecular complexity index is 1370. The van der Waals surface area contributed by atoms with E-state index in [0.717, 1.165) is 76.5 Å². The van der Waals surface area contributed by atoms with Crippen molar-refractivity contribution in [1.29, 1.82) is 0 Å². The van der Waals surface area contributed by atoms with Gasteiger partial charge in [-0.15, -0.1) is 6.42 Å². The molecule has 0 spiro atoms. The average molecular weight is 614 g/mol. The summed E-state index contributed by atoms with van der Waals surface area (Å²) in [5.74, 6) is 4.92. The number of terminal acetylenes is 1. The summed E-state index contributed by atoms with van der Waals surface area (Å²) in [6.45, 7) is 11.0. The van der Waals surface area contributed by atoms with E-state index in [-0.39, 0.29) is 28.8 Å². The highest BCUT2D eigenvalue weighted by molar-refractivity contribution is 5.96. The predicted molar refractivity (Wildman–Crippen MR) is 180 cm³/mol. The minimum atomic E-state index is -0.955. The molecule has 1 aliphatic heterocycles. The number of nitrogens with zero attached hydrogens (tertiary/aromatic N) is 2. The van der Waals surface area contributed by atoms with Crippen molar-refractivity contribution in [3.63, 3.8) is 0 Å². The molecule has 9 atom stereocenters. The molecule has 1 aromatic carbocycles. The van der Waals surface area contributed by atoms with Gasteiger partial charge in [0.2, 0.25) is 0 Å². The van der Waals surface area contributed by atoms with Crippen LogP contribution in [0.4, 0.5) is 0 Å². The van der Waals surface area contributed by atoms with Crippen molar-refractivity contribution in [2.24, 2.45) is 39.7 Å². The number of piperidine rings is 1. The third-order valence-electron chi connectivity index (χ3n) is 13.9. The van der Waals surface area contributed by atoms with Gasteiger partial charge in [0.05, 0.1) is 5.71 Å². The summed E-state index contributed by atoms with van der Waals surface area (Å²) in [6, 6.07) is 11.3. The van der Waals surface area contributed by atoms with Crippen molar-refractivity contribution in [1.82, 2.24) is 10.2 Å². The van der Waals surface area contributed by atoms with Crippen LogP contribution in [-0.2, 0) is 15.0 Å². The quantitative estimate of drug-likeness (QED) is 0.272. The molecule has 3 saturated carbocycles. The molecule has 4 fully saturated rings. The first-order chi connectivity index (χ1) is 21.5. The number of likely N-dealkylation sites (tertiary alicyclic amines) is 1. The third kappa shape index (κ3) is 5.46. The zero-order chi connectivity index (χ0) is 32.0. The molecule has 6 heteroatoms. The summed E-state index contributed by atoms with van der Waals surface area (Å²) in [7, 11) is 2.21. The first-order valence-electron chi connectivity index (χ1n) is 17.6. The van der Waals surface area contributed by atoms with Gasteiger partial charge < -0.3 is 20.2 Å². The van der Waals surface area contributed by atoms with Crippen LogP contribution in [0.15, 0.2) is 47.1 Å². The fourth-order valence-electron chi connectivity index (χ4n) is 10.9. The standard InChI is InChI=1S/C39H55N3O3/c1-7-39(44)20-17-34-32-14-13-30-23-31(15-18-36(30,4)33(32)16-19-37(34,39)5)41-45-26-35(43)40-22-21-38(29-11-9-8-10-12-29)24-28(3)42(6)25-27(38)2/h1,8-12,23,27-28,32-34,44H,13-22,24-26H2,2-6H3,(H,40,43)/t27-,28-,32+,33-,34+,36-,37-,38-,39-/m0/s1. The highest BCUT2D eigenvalue weighted by Gasteiger charge is 2.63. The SMILES string of the molecule is C#C[C@]1(O)CC[C@@H]2[C@@H]3CCC4=CC(=NOCC(=O)NCC[C@]5(c6ccccc6)C[C@H](C)N(C)C[C@@H]5C)CC[C@]4(C)[C@H]3CC[C@@]21C. The number of rotatable bonds is 7. The zero-order valence-electron chi connectivity index (χ0n) is 28.3. The van der Waals surface area contributed by atoms with Crippen molar-refractivity contribution in [3.8, 4) is 12.3 Å². The molecule has 6 rings (SSSR count). The maximum absolute atomic E-state index is 12.8. The van der Waals surface area contributed by atoms with Crippen LogP contribution in [0, 0.1) is 46.8 Å². The number of carbonyl (C=O) groups excluding carboxylic acids is 1. The topological polar surface area (TPSA) is 74.2 Å². The Labute approximate surface area is 271 Å². The fraction of sp³-hybridized carbons (Fsp3) is 0.692. The van der Waals surface area contributed by atoms with Gasteiger partial charge >= 0.3 is 0 Å². The maximum atomic E-state index is 12.8. The van der Waals surface area contributed by atoms with Gasteiger partial charge in [-0.2, -0.15) is 0 Å². The Kier molecular flexibility index (Phi) is 8.76. The van der Waals surface area contributed by atoms with Crippen molar-refractivity contribution in [2.45, 2.75) is 109 Å². The van der Waals surface area contributed by atoms with Crippen LogP contribution in [0.3, 0.4) is 0 Å². The van der Waals surface area contributed by atoms with E-state index >= 15 is 0 Å². The van der Waals surface area contributed by atoms with Crippen LogP contribution in [0.2, 0.25) is 0 Å². The number of amides is 1. The zero-order valence-corrected chi connectivity index (χ0v) is 28.3. The molecule has 1 aromatic rings. The number of benzene rings is 1. The summed E-state index contributed by atoms with van der Waals surface area (Å²) in [5.41, 5.74) is 2.90. The Balaban J connectivity index is 1.04. The molecule has 1 saturated heterocycles. The molecular weight excluding hydrogens is 558 g/mol. The first kappa shape index (κ1) is 32.3. The van der Waals surface area contributed by atoms with Gasteiger partial charge in [-0.05, 0) is 119 Å². The summed E-state index contributed by atoms with van der Waals surface area (Å²) >= 11 is 0. The smallest absolute Gasteiger partial charge is 0.260 e. The average Bonchev–Trinajstić information content (AvgIpc) is 3.31. The molecule has 0 bridgehead atoms. The van der Waals surface area contributed by atoms with E-state index in [4.69, 9.17) is 11.3 Å². The van der Waals surface area contributed by atoms with Crippen LogP contribution in [0.1, 0.15) is 97.5 Å². The number of nitrogens with one attached hydrogen (secondary N) is 1. The van der Waals surface area contributed by atoms with Crippen molar-refractivity contribution in [2.75, 3.05) is 26.7 Å². The Morgan fingerprint density at radius 3 is 2.62 bits per heavy atom.